The number of aromatic nitrogens is 1. The Kier molecular flexibility index (Phi) is 9.65. The standard InChI is InChI=1S/C20H29N5O.HI/c1-21-20(22-7-10-24-8-2-3-9-24)23-16-18-5-4-6-19(15-18)17-25-11-13-26-14-12-25;/h2-6,8-9,15H,7,10-14,16-17H2,1H3,(H2,21,22,23);1H. The Hall–Kier alpha value is -1.58. The van der Waals surface area contributed by atoms with Gasteiger partial charge >= 0.3 is 0 Å². The minimum atomic E-state index is 0. The van der Waals surface area contributed by atoms with Crippen molar-refractivity contribution in [1.29, 1.82) is 0 Å². The summed E-state index contributed by atoms with van der Waals surface area (Å²) in [5, 5.41) is 6.75. The molecule has 3 rings (SSSR count). The second-order valence-corrected chi connectivity index (χ2v) is 6.48. The SMILES string of the molecule is CN=C(NCCn1cccc1)NCc1cccc(CN2CCOCC2)c1.I. The second kappa shape index (κ2) is 12.0. The van der Waals surface area contributed by atoms with Gasteiger partial charge in [0.2, 0.25) is 0 Å². The predicted molar refractivity (Wildman–Crippen MR) is 121 cm³/mol. The monoisotopic (exact) mass is 483 g/mol. The first-order valence-electron chi connectivity index (χ1n) is 9.27. The highest BCUT2D eigenvalue weighted by atomic mass is 127. The lowest BCUT2D eigenvalue weighted by Gasteiger charge is -2.26. The molecule has 2 N–H and O–H groups in total. The van der Waals surface area contributed by atoms with Crippen molar-refractivity contribution in [2.75, 3.05) is 39.9 Å². The zero-order valence-electron chi connectivity index (χ0n) is 15.9. The normalized spacial score (nSPS) is 15.2. The van der Waals surface area contributed by atoms with Crippen LogP contribution in [0.4, 0.5) is 0 Å². The number of nitrogens with one attached hydrogen (secondary N) is 2. The van der Waals surface area contributed by atoms with Crippen LogP contribution in [0.15, 0.2) is 53.8 Å². The van der Waals surface area contributed by atoms with Crippen LogP contribution >= 0.6 is 24.0 Å². The summed E-state index contributed by atoms with van der Waals surface area (Å²) in [6.45, 7) is 7.22. The third-order valence-electron chi connectivity index (χ3n) is 4.51. The lowest BCUT2D eigenvalue weighted by Crippen LogP contribution is -2.38. The second-order valence-electron chi connectivity index (χ2n) is 6.48. The number of guanidine groups is 1. The van der Waals surface area contributed by atoms with E-state index >= 15 is 0 Å². The first-order valence-corrected chi connectivity index (χ1v) is 9.27. The number of aliphatic imine (C=N–C) groups is 1. The average Bonchev–Trinajstić information content (AvgIpc) is 3.19. The number of ether oxygens (including phenoxy) is 1. The molecular weight excluding hydrogens is 453 g/mol. The number of halogens is 1. The molecule has 148 valence electrons. The third-order valence-corrected chi connectivity index (χ3v) is 4.51. The summed E-state index contributed by atoms with van der Waals surface area (Å²) in [5.41, 5.74) is 2.62. The quantitative estimate of drug-likeness (QED) is 0.361. The van der Waals surface area contributed by atoms with E-state index in [1.807, 2.05) is 12.1 Å². The van der Waals surface area contributed by atoms with E-state index in [4.69, 9.17) is 4.74 Å². The summed E-state index contributed by atoms with van der Waals surface area (Å²) in [4.78, 5) is 6.74. The lowest BCUT2D eigenvalue weighted by atomic mass is 10.1. The third kappa shape index (κ3) is 7.51. The maximum Gasteiger partial charge on any atom is 0.191 e. The van der Waals surface area contributed by atoms with Crippen LogP contribution in [-0.4, -0.2) is 55.3 Å². The molecule has 0 bridgehead atoms. The van der Waals surface area contributed by atoms with E-state index < -0.39 is 0 Å². The van der Waals surface area contributed by atoms with Crippen molar-refractivity contribution in [2.45, 2.75) is 19.6 Å². The smallest absolute Gasteiger partial charge is 0.191 e. The van der Waals surface area contributed by atoms with Gasteiger partial charge in [0.1, 0.15) is 0 Å². The fraction of sp³-hybridized carbons (Fsp3) is 0.450. The molecule has 1 aliphatic rings. The van der Waals surface area contributed by atoms with Gasteiger partial charge in [0.05, 0.1) is 13.2 Å². The Balaban J connectivity index is 0.00000261. The van der Waals surface area contributed by atoms with Crippen LogP contribution in [0.3, 0.4) is 0 Å². The number of rotatable bonds is 7. The topological polar surface area (TPSA) is 53.8 Å². The molecule has 0 aliphatic carbocycles. The number of hydrogen-bond donors (Lipinski definition) is 2. The lowest BCUT2D eigenvalue weighted by molar-refractivity contribution is 0.0342. The molecule has 1 saturated heterocycles. The molecule has 1 fully saturated rings. The van der Waals surface area contributed by atoms with Crippen LogP contribution in [0.5, 0.6) is 0 Å². The van der Waals surface area contributed by atoms with Crippen molar-refractivity contribution in [3.63, 3.8) is 0 Å². The van der Waals surface area contributed by atoms with E-state index in [1.165, 1.54) is 11.1 Å². The number of hydrogen-bond acceptors (Lipinski definition) is 3. The van der Waals surface area contributed by atoms with Crippen molar-refractivity contribution < 1.29 is 4.74 Å². The maximum absolute atomic E-state index is 5.42. The van der Waals surface area contributed by atoms with Crippen molar-refractivity contribution in [1.82, 2.24) is 20.1 Å². The van der Waals surface area contributed by atoms with E-state index in [1.54, 1.807) is 7.05 Å². The Morgan fingerprint density at radius 2 is 1.81 bits per heavy atom. The molecule has 1 aromatic carbocycles. The van der Waals surface area contributed by atoms with Crippen LogP contribution in [0.25, 0.3) is 0 Å². The fourth-order valence-electron chi connectivity index (χ4n) is 3.08. The largest absolute Gasteiger partial charge is 0.379 e. The first-order chi connectivity index (χ1) is 12.8. The highest BCUT2D eigenvalue weighted by Crippen LogP contribution is 2.10. The fourth-order valence-corrected chi connectivity index (χ4v) is 3.08. The average molecular weight is 483 g/mol. The van der Waals surface area contributed by atoms with E-state index in [9.17, 15) is 0 Å². The van der Waals surface area contributed by atoms with Gasteiger partial charge in [-0.1, -0.05) is 24.3 Å². The van der Waals surface area contributed by atoms with Crippen molar-refractivity contribution in [3.8, 4) is 0 Å². The summed E-state index contributed by atoms with van der Waals surface area (Å²) < 4.78 is 7.57. The van der Waals surface area contributed by atoms with Crippen LogP contribution in [0, 0.1) is 0 Å². The molecule has 6 nitrogen and oxygen atoms in total. The zero-order chi connectivity index (χ0) is 18.0. The molecule has 1 aromatic heterocycles. The summed E-state index contributed by atoms with van der Waals surface area (Å²) in [6, 6.07) is 12.8. The molecular formula is C20H30IN5O. The highest BCUT2D eigenvalue weighted by Gasteiger charge is 2.10. The van der Waals surface area contributed by atoms with Gasteiger partial charge in [-0.2, -0.15) is 0 Å². The minimum Gasteiger partial charge on any atom is -0.379 e. The molecule has 7 heteroatoms. The van der Waals surface area contributed by atoms with E-state index in [0.717, 1.165) is 58.4 Å². The van der Waals surface area contributed by atoms with Gasteiger partial charge in [0.15, 0.2) is 5.96 Å². The first kappa shape index (κ1) is 21.7. The van der Waals surface area contributed by atoms with Crippen LogP contribution in [0.1, 0.15) is 11.1 Å². The molecule has 27 heavy (non-hydrogen) atoms. The zero-order valence-corrected chi connectivity index (χ0v) is 18.3. The Labute approximate surface area is 179 Å². The molecule has 2 aromatic rings. The van der Waals surface area contributed by atoms with E-state index in [2.05, 4.69) is 61.8 Å². The number of morpholine rings is 1. The number of nitrogens with zero attached hydrogens (tertiary/aromatic N) is 3. The molecule has 0 amide bonds. The summed E-state index contributed by atoms with van der Waals surface area (Å²) >= 11 is 0. The van der Waals surface area contributed by atoms with Gasteiger partial charge in [-0.3, -0.25) is 9.89 Å². The summed E-state index contributed by atoms with van der Waals surface area (Å²) in [6.07, 6.45) is 4.13. The summed E-state index contributed by atoms with van der Waals surface area (Å²) in [7, 11) is 1.81. The van der Waals surface area contributed by atoms with Gasteiger partial charge in [-0.15, -0.1) is 24.0 Å². The van der Waals surface area contributed by atoms with E-state index in [0.29, 0.717) is 0 Å². The van der Waals surface area contributed by atoms with Gasteiger partial charge in [0, 0.05) is 58.7 Å². The Morgan fingerprint density at radius 3 is 2.56 bits per heavy atom. The molecule has 2 heterocycles. The highest BCUT2D eigenvalue weighted by molar-refractivity contribution is 14.0. The molecule has 1 aliphatic heterocycles. The van der Waals surface area contributed by atoms with Gasteiger partial charge in [0.25, 0.3) is 0 Å². The predicted octanol–water partition coefficient (Wildman–Crippen LogP) is 2.30. The van der Waals surface area contributed by atoms with Gasteiger partial charge < -0.3 is 19.9 Å². The molecule has 0 unspecified atom stereocenters. The van der Waals surface area contributed by atoms with Crippen LogP contribution < -0.4 is 10.6 Å². The summed E-state index contributed by atoms with van der Waals surface area (Å²) in [5.74, 6) is 0.829. The van der Waals surface area contributed by atoms with Crippen molar-refractivity contribution in [3.05, 3.63) is 59.9 Å². The Bertz CT molecular complexity index is 683. The minimum absolute atomic E-state index is 0. The van der Waals surface area contributed by atoms with Gasteiger partial charge in [-0.05, 0) is 23.3 Å². The molecule has 0 spiro atoms. The molecule has 0 atom stereocenters. The Morgan fingerprint density at radius 1 is 1.07 bits per heavy atom. The maximum atomic E-state index is 5.42. The number of benzene rings is 1. The molecule has 0 saturated carbocycles. The van der Waals surface area contributed by atoms with Crippen molar-refractivity contribution >= 4 is 29.9 Å². The van der Waals surface area contributed by atoms with Crippen LogP contribution in [-0.2, 0) is 24.4 Å². The van der Waals surface area contributed by atoms with E-state index in [-0.39, 0.29) is 24.0 Å². The van der Waals surface area contributed by atoms with Crippen LogP contribution in [0.2, 0.25) is 0 Å². The molecule has 0 radical (unpaired) electrons. The van der Waals surface area contributed by atoms with Crippen molar-refractivity contribution in [2.24, 2.45) is 4.99 Å². The van der Waals surface area contributed by atoms with Gasteiger partial charge in [-0.25, -0.2) is 0 Å².